The van der Waals surface area contributed by atoms with Crippen molar-refractivity contribution in [3.8, 4) is 5.75 Å². The average molecular weight is 349 g/mol. The number of halogens is 3. The molecule has 0 aromatic heterocycles. The van der Waals surface area contributed by atoms with Gasteiger partial charge in [0.05, 0.1) is 13.2 Å². The summed E-state index contributed by atoms with van der Waals surface area (Å²) in [5, 5.41) is 0. The molecule has 0 heterocycles. The molecule has 0 saturated carbocycles. The van der Waals surface area contributed by atoms with Crippen molar-refractivity contribution in [2.24, 2.45) is 11.7 Å². The molecule has 138 valence electrons. The van der Waals surface area contributed by atoms with Gasteiger partial charge in [0.15, 0.2) is 6.29 Å². The van der Waals surface area contributed by atoms with Gasteiger partial charge in [-0.3, -0.25) is 4.74 Å². The first-order valence-corrected chi connectivity index (χ1v) is 8.00. The van der Waals surface area contributed by atoms with Crippen molar-refractivity contribution in [2.75, 3.05) is 19.8 Å². The molecule has 0 radical (unpaired) electrons. The highest BCUT2D eigenvalue weighted by molar-refractivity contribution is 5.31. The Hall–Kier alpha value is -1.31. The minimum absolute atomic E-state index is 0.209. The second-order valence-electron chi connectivity index (χ2n) is 5.99. The Balaban J connectivity index is 2.51. The number of hydrogen-bond donors (Lipinski definition) is 1. The predicted octanol–water partition coefficient (Wildman–Crippen LogP) is 4.05. The Morgan fingerprint density at radius 2 is 1.83 bits per heavy atom. The van der Waals surface area contributed by atoms with Crippen LogP contribution in [0.1, 0.15) is 38.7 Å². The van der Waals surface area contributed by atoms with Crippen molar-refractivity contribution < 1.29 is 27.4 Å². The molecule has 1 aromatic rings. The molecule has 24 heavy (non-hydrogen) atoms. The summed E-state index contributed by atoms with van der Waals surface area (Å²) in [5.74, 6) is 1.36. The summed E-state index contributed by atoms with van der Waals surface area (Å²) in [6.45, 7) is 5.67. The van der Waals surface area contributed by atoms with Crippen LogP contribution >= 0.6 is 0 Å². The summed E-state index contributed by atoms with van der Waals surface area (Å²) in [6.07, 6.45) is -4.35. The van der Waals surface area contributed by atoms with Crippen LogP contribution in [0, 0.1) is 5.92 Å². The van der Waals surface area contributed by atoms with Crippen LogP contribution in [0.15, 0.2) is 24.3 Å². The molecule has 0 fully saturated rings. The highest BCUT2D eigenvalue weighted by Gasteiger charge is 2.28. The molecular formula is C17H26F3NO3. The Labute approximate surface area is 141 Å². The topological polar surface area (TPSA) is 53.7 Å². The minimum Gasteiger partial charge on any atom is -0.465 e. The fourth-order valence-corrected chi connectivity index (χ4v) is 2.38. The summed E-state index contributed by atoms with van der Waals surface area (Å²) in [5.41, 5.74) is 6.93. The molecule has 2 unspecified atom stereocenters. The van der Waals surface area contributed by atoms with E-state index in [1.54, 1.807) is 13.0 Å². The SMILES string of the molecule is CC(C)CC(CN)c1cccc(OC(C)OCCOC(F)(F)F)c1. The van der Waals surface area contributed by atoms with Crippen molar-refractivity contribution in [3.63, 3.8) is 0 Å². The number of alkyl halides is 3. The van der Waals surface area contributed by atoms with Gasteiger partial charge in [0.2, 0.25) is 0 Å². The zero-order valence-corrected chi connectivity index (χ0v) is 14.3. The van der Waals surface area contributed by atoms with Gasteiger partial charge in [0, 0.05) is 0 Å². The highest BCUT2D eigenvalue weighted by atomic mass is 19.4. The first kappa shape index (κ1) is 20.7. The third-order valence-corrected chi connectivity index (χ3v) is 3.37. The van der Waals surface area contributed by atoms with Crippen LogP contribution in [0.4, 0.5) is 13.2 Å². The molecular weight excluding hydrogens is 323 g/mol. The summed E-state index contributed by atoms with van der Waals surface area (Å²) >= 11 is 0. The lowest BCUT2D eigenvalue weighted by atomic mass is 9.90. The van der Waals surface area contributed by atoms with Crippen LogP contribution in [0.5, 0.6) is 5.75 Å². The molecule has 0 aliphatic heterocycles. The first-order chi connectivity index (χ1) is 11.2. The van der Waals surface area contributed by atoms with E-state index in [-0.39, 0.29) is 12.5 Å². The van der Waals surface area contributed by atoms with Crippen LogP contribution < -0.4 is 10.5 Å². The Kier molecular flexibility index (Phi) is 8.52. The summed E-state index contributed by atoms with van der Waals surface area (Å²) < 4.78 is 49.9. The van der Waals surface area contributed by atoms with Crippen molar-refractivity contribution in [3.05, 3.63) is 29.8 Å². The van der Waals surface area contributed by atoms with E-state index in [4.69, 9.17) is 15.2 Å². The van der Waals surface area contributed by atoms with Crippen LogP contribution in [0.2, 0.25) is 0 Å². The number of benzene rings is 1. The van der Waals surface area contributed by atoms with E-state index in [1.807, 2.05) is 18.2 Å². The van der Waals surface area contributed by atoms with Gasteiger partial charge in [-0.2, -0.15) is 0 Å². The quantitative estimate of drug-likeness (QED) is 0.511. The smallest absolute Gasteiger partial charge is 0.465 e. The Bertz CT molecular complexity index is 480. The summed E-state index contributed by atoms with van der Waals surface area (Å²) in [4.78, 5) is 0. The largest absolute Gasteiger partial charge is 0.522 e. The number of nitrogens with two attached hydrogens (primary N) is 1. The zero-order chi connectivity index (χ0) is 18.2. The van der Waals surface area contributed by atoms with E-state index in [2.05, 4.69) is 18.6 Å². The fourth-order valence-electron chi connectivity index (χ4n) is 2.38. The third kappa shape index (κ3) is 8.52. The normalized spacial score (nSPS) is 14.7. The monoisotopic (exact) mass is 349 g/mol. The number of hydrogen-bond acceptors (Lipinski definition) is 4. The van der Waals surface area contributed by atoms with Crippen molar-refractivity contribution in [2.45, 2.75) is 45.8 Å². The van der Waals surface area contributed by atoms with Gasteiger partial charge in [0.25, 0.3) is 0 Å². The van der Waals surface area contributed by atoms with Gasteiger partial charge in [-0.05, 0) is 49.4 Å². The molecule has 1 aromatic carbocycles. The van der Waals surface area contributed by atoms with Crippen molar-refractivity contribution in [1.82, 2.24) is 0 Å². The molecule has 2 N–H and O–H groups in total. The van der Waals surface area contributed by atoms with Gasteiger partial charge in [-0.25, -0.2) is 0 Å². The molecule has 2 atom stereocenters. The molecule has 0 aliphatic carbocycles. The van der Waals surface area contributed by atoms with Crippen molar-refractivity contribution in [1.29, 1.82) is 0 Å². The predicted molar refractivity (Wildman–Crippen MR) is 85.7 cm³/mol. The maximum Gasteiger partial charge on any atom is 0.522 e. The molecule has 0 spiro atoms. The maximum absolute atomic E-state index is 11.9. The lowest BCUT2D eigenvalue weighted by molar-refractivity contribution is -0.328. The standard InChI is InChI=1S/C17H26F3NO3/c1-12(2)9-15(11-21)14-5-4-6-16(10-14)24-13(3)22-7-8-23-17(18,19)20/h4-6,10,12-13,15H,7-9,11,21H2,1-3H3. The van der Waals surface area contributed by atoms with Crippen molar-refractivity contribution >= 4 is 0 Å². The van der Waals surface area contributed by atoms with Crippen LogP contribution in [0.25, 0.3) is 0 Å². The fraction of sp³-hybridized carbons (Fsp3) is 0.647. The number of rotatable bonds is 10. The van der Waals surface area contributed by atoms with Gasteiger partial charge in [0.1, 0.15) is 5.75 Å². The Morgan fingerprint density at radius 1 is 1.12 bits per heavy atom. The Morgan fingerprint density at radius 3 is 2.42 bits per heavy atom. The molecule has 4 nitrogen and oxygen atoms in total. The first-order valence-electron chi connectivity index (χ1n) is 8.00. The van der Waals surface area contributed by atoms with E-state index in [0.29, 0.717) is 18.2 Å². The van der Waals surface area contributed by atoms with Crippen LogP contribution in [-0.2, 0) is 9.47 Å². The summed E-state index contributed by atoms with van der Waals surface area (Å²) in [7, 11) is 0. The lowest BCUT2D eigenvalue weighted by Crippen LogP contribution is -2.22. The summed E-state index contributed by atoms with van der Waals surface area (Å²) in [6, 6.07) is 7.53. The van der Waals surface area contributed by atoms with E-state index in [0.717, 1.165) is 12.0 Å². The van der Waals surface area contributed by atoms with E-state index in [9.17, 15) is 13.2 Å². The van der Waals surface area contributed by atoms with Gasteiger partial charge < -0.3 is 15.2 Å². The zero-order valence-electron chi connectivity index (χ0n) is 14.3. The van der Waals surface area contributed by atoms with E-state index in [1.165, 1.54) is 0 Å². The second kappa shape index (κ2) is 9.86. The van der Waals surface area contributed by atoms with Gasteiger partial charge >= 0.3 is 6.36 Å². The van der Waals surface area contributed by atoms with E-state index < -0.39 is 19.3 Å². The maximum atomic E-state index is 11.9. The lowest BCUT2D eigenvalue weighted by Gasteiger charge is -2.20. The molecule has 1 rings (SSSR count). The molecule has 0 bridgehead atoms. The molecule has 0 amide bonds. The molecule has 0 aliphatic rings. The molecule has 0 saturated heterocycles. The third-order valence-electron chi connectivity index (χ3n) is 3.37. The second-order valence-corrected chi connectivity index (χ2v) is 5.99. The average Bonchev–Trinajstić information content (AvgIpc) is 2.48. The minimum atomic E-state index is -4.64. The highest BCUT2D eigenvalue weighted by Crippen LogP contribution is 2.26. The number of ether oxygens (including phenoxy) is 3. The van der Waals surface area contributed by atoms with Crippen LogP contribution in [0.3, 0.4) is 0 Å². The van der Waals surface area contributed by atoms with E-state index >= 15 is 0 Å². The molecule has 7 heteroatoms. The van der Waals surface area contributed by atoms with Gasteiger partial charge in [-0.15, -0.1) is 13.2 Å². The van der Waals surface area contributed by atoms with Gasteiger partial charge in [-0.1, -0.05) is 26.0 Å². The van der Waals surface area contributed by atoms with Crippen LogP contribution in [-0.4, -0.2) is 32.4 Å².